The average molecular weight is 420 g/mol. The molecule has 0 spiro atoms. The maximum atomic E-state index is 13.9. The van der Waals surface area contributed by atoms with E-state index in [0.29, 0.717) is 31.1 Å². The van der Waals surface area contributed by atoms with Gasteiger partial charge in [-0.2, -0.15) is 0 Å². The van der Waals surface area contributed by atoms with Gasteiger partial charge in [0.1, 0.15) is 11.6 Å². The molecule has 2 saturated heterocycles. The van der Waals surface area contributed by atoms with E-state index in [9.17, 15) is 18.4 Å². The summed E-state index contributed by atoms with van der Waals surface area (Å²) < 4.78 is 27.3. The van der Waals surface area contributed by atoms with Crippen molar-refractivity contribution in [1.82, 2.24) is 14.8 Å². The fourth-order valence-electron chi connectivity index (χ4n) is 3.80. The second-order valence-corrected chi connectivity index (χ2v) is 8.25. The van der Waals surface area contributed by atoms with Crippen LogP contribution in [-0.4, -0.2) is 52.9 Å². The predicted molar refractivity (Wildman–Crippen MR) is 107 cm³/mol. The highest BCUT2D eigenvalue weighted by molar-refractivity contribution is 7.14. The zero-order valence-electron chi connectivity index (χ0n) is 15.9. The van der Waals surface area contributed by atoms with Gasteiger partial charge in [0.05, 0.1) is 5.69 Å². The molecule has 1 aromatic carbocycles. The Morgan fingerprint density at radius 3 is 2.48 bits per heavy atom. The van der Waals surface area contributed by atoms with Crippen LogP contribution in [0.4, 0.5) is 18.7 Å². The lowest BCUT2D eigenvalue weighted by Gasteiger charge is -2.33. The van der Waals surface area contributed by atoms with Crippen LogP contribution in [0.3, 0.4) is 0 Å². The summed E-state index contributed by atoms with van der Waals surface area (Å²) in [5.74, 6) is -1.46. The van der Waals surface area contributed by atoms with Crippen LogP contribution in [0.1, 0.15) is 25.7 Å². The molecule has 2 aliphatic rings. The topological polar surface area (TPSA) is 65.5 Å². The maximum absolute atomic E-state index is 13.9. The summed E-state index contributed by atoms with van der Waals surface area (Å²) in [7, 11) is 0. The number of carbonyl (C=O) groups is 2. The van der Waals surface area contributed by atoms with Gasteiger partial charge in [-0.05, 0) is 43.9 Å². The Morgan fingerprint density at radius 2 is 1.76 bits per heavy atom. The predicted octanol–water partition coefficient (Wildman–Crippen LogP) is 3.95. The Labute approximate surface area is 171 Å². The fourth-order valence-corrected chi connectivity index (χ4v) is 4.51. The van der Waals surface area contributed by atoms with Crippen molar-refractivity contribution >= 4 is 28.4 Å². The molecule has 3 heterocycles. The molecule has 2 aliphatic heterocycles. The number of rotatable bonds is 3. The van der Waals surface area contributed by atoms with E-state index in [1.165, 1.54) is 11.3 Å². The van der Waals surface area contributed by atoms with Gasteiger partial charge >= 0.3 is 6.03 Å². The number of hydrogen-bond donors (Lipinski definition) is 1. The molecule has 0 unspecified atom stereocenters. The van der Waals surface area contributed by atoms with Crippen LogP contribution in [0.25, 0.3) is 11.3 Å². The molecule has 29 heavy (non-hydrogen) atoms. The fraction of sp³-hybridized carbons (Fsp3) is 0.450. The number of anilines is 1. The molecule has 2 aromatic rings. The van der Waals surface area contributed by atoms with Gasteiger partial charge in [0.25, 0.3) is 0 Å². The number of piperidine rings is 1. The van der Waals surface area contributed by atoms with Crippen LogP contribution in [0.15, 0.2) is 23.6 Å². The number of nitrogens with one attached hydrogen (secondary N) is 1. The van der Waals surface area contributed by atoms with E-state index in [2.05, 4.69) is 10.3 Å². The molecule has 9 heteroatoms. The number of halogens is 2. The number of carbonyl (C=O) groups excluding carboxylic acids is 2. The second-order valence-electron chi connectivity index (χ2n) is 7.39. The molecule has 0 bridgehead atoms. The first-order valence-corrected chi connectivity index (χ1v) is 10.6. The number of aromatic nitrogens is 1. The zero-order valence-corrected chi connectivity index (χ0v) is 16.7. The molecule has 2 fully saturated rings. The third-order valence-corrected chi connectivity index (χ3v) is 6.21. The van der Waals surface area contributed by atoms with Crippen LogP contribution in [-0.2, 0) is 4.79 Å². The summed E-state index contributed by atoms with van der Waals surface area (Å²) in [6.45, 7) is 2.76. The first-order chi connectivity index (χ1) is 14.0. The molecule has 0 saturated carbocycles. The Kier molecular flexibility index (Phi) is 5.75. The highest BCUT2D eigenvalue weighted by Gasteiger charge is 2.30. The van der Waals surface area contributed by atoms with Crippen molar-refractivity contribution in [2.75, 3.05) is 31.5 Å². The van der Waals surface area contributed by atoms with Crippen LogP contribution in [0, 0.1) is 17.6 Å². The Morgan fingerprint density at radius 1 is 1.07 bits per heavy atom. The van der Waals surface area contributed by atoms with Crippen molar-refractivity contribution in [2.45, 2.75) is 25.7 Å². The van der Waals surface area contributed by atoms with E-state index in [-0.39, 0.29) is 29.1 Å². The largest absolute Gasteiger partial charge is 0.325 e. The standard InChI is InChI=1S/C20H22F2N4O2S/c21-14-3-4-16(22)15(11-14)17-12-29-19(23-17)24-18(27)13-5-9-26(10-6-13)20(28)25-7-1-2-8-25/h3-4,11-13H,1-2,5-10H2,(H,23,24,27). The van der Waals surface area contributed by atoms with Gasteiger partial charge < -0.3 is 15.1 Å². The van der Waals surface area contributed by atoms with E-state index in [0.717, 1.165) is 44.1 Å². The molecule has 1 N–H and O–H groups in total. The van der Waals surface area contributed by atoms with Crippen molar-refractivity contribution in [2.24, 2.45) is 5.92 Å². The lowest BCUT2D eigenvalue weighted by atomic mass is 9.96. The first kappa shape index (κ1) is 19.8. The minimum atomic E-state index is -0.565. The van der Waals surface area contributed by atoms with Crippen molar-refractivity contribution < 1.29 is 18.4 Å². The molecule has 0 atom stereocenters. The SMILES string of the molecule is O=C(Nc1nc(-c2cc(F)ccc2F)cs1)C1CCN(C(=O)N2CCCC2)CC1. The van der Waals surface area contributed by atoms with E-state index >= 15 is 0 Å². The maximum Gasteiger partial charge on any atom is 0.319 e. The average Bonchev–Trinajstić information content (AvgIpc) is 3.42. The number of amides is 3. The van der Waals surface area contributed by atoms with Crippen molar-refractivity contribution in [1.29, 1.82) is 0 Å². The lowest BCUT2D eigenvalue weighted by Crippen LogP contribution is -2.47. The first-order valence-electron chi connectivity index (χ1n) is 9.77. The third kappa shape index (κ3) is 4.39. The number of nitrogens with zero attached hydrogens (tertiary/aromatic N) is 3. The summed E-state index contributed by atoms with van der Waals surface area (Å²) in [4.78, 5) is 32.9. The van der Waals surface area contributed by atoms with E-state index < -0.39 is 11.6 Å². The summed E-state index contributed by atoms with van der Waals surface area (Å²) in [5, 5.41) is 4.71. The van der Waals surface area contributed by atoms with E-state index in [4.69, 9.17) is 0 Å². The Hall–Kier alpha value is -2.55. The van der Waals surface area contributed by atoms with Crippen molar-refractivity contribution in [3.63, 3.8) is 0 Å². The Balaban J connectivity index is 1.33. The number of thiazole rings is 1. The van der Waals surface area contributed by atoms with Crippen molar-refractivity contribution in [3.8, 4) is 11.3 Å². The van der Waals surface area contributed by atoms with Gasteiger partial charge in [0, 0.05) is 43.0 Å². The molecular formula is C20H22F2N4O2S. The normalized spacial score (nSPS) is 17.6. The quantitative estimate of drug-likeness (QED) is 0.818. The Bertz CT molecular complexity index is 906. The van der Waals surface area contributed by atoms with Gasteiger partial charge in [-0.1, -0.05) is 0 Å². The summed E-state index contributed by atoms with van der Waals surface area (Å²) in [6, 6.07) is 3.26. The number of hydrogen-bond acceptors (Lipinski definition) is 4. The minimum absolute atomic E-state index is 0.0653. The number of likely N-dealkylation sites (tertiary alicyclic amines) is 2. The summed E-state index contributed by atoms with van der Waals surface area (Å²) in [6.07, 6.45) is 3.31. The smallest absolute Gasteiger partial charge is 0.319 e. The number of urea groups is 1. The molecular weight excluding hydrogens is 398 g/mol. The van der Waals surface area contributed by atoms with Gasteiger partial charge in [0.2, 0.25) is 5.91 Å². The van der Waals surface area contributed by atoms with Gasteiger partial charge in [-0.15, -0.1) is 11.3 Å². The summed E-state index contributed by atoms with van der Waals surface area (Å²) >= 11 is 1.17. The van der Waals surface area contributed by atoms with Crippen LogP contribution < -0.4 is 5.32 Å². The molecule has 1 aromatic heterocycles. The molecule has 4 rings (SSSR count). The minimum Gasteiger partial charge on any atom is -0.325 e. The zero-order chi connectivity index (χ0) is 20.4. The van der Waals surface area contributed by atoms with Gasteiger partial charge in [-0.25, -0.2) is 18.6 Å². The molecule has 154 valence electrons. The molecule has 3 amide bonds. The van der Waals surface area contributed by atoms with Crippen LogP contribution >= 0.6 is 11.3 Å². The summed E-state index contributed by atoms with van der Waals surface area (Å²) in [5.41, 5.74) is 0.351. The van der Waals surface area contributed by atoms with Gasteiger partial charge in [-0.3, -0.25) is 4.79 Å². The van der Waals surface area contributed by atoms with Crippen molar-refractivity contribution in [3.05, 3.63) is 35.2 Å². The molecule has 6 nitrogen and oxygen atoms in total. The number of benzene rings is 1. The second kappa shape index (κ2) is 8.44. The van der Waals surface area contributed by atoms with Crippen LogP contribution in [0.2, 0.25) is 0 Å². The molecule has 0 radical (unpaired) electrons. The monoisotopic (exact) mass is 420 g/mol. The highest BCUT2D eigenvalue weighted by Crippen LogP contribution is 2.29. The highest BCUT2D eigenvalue weighted by atomic mass is 32.1. The van der Waals surface area contributed by atoms with E-state index in [1.54, 1.807) is 5.38 Å². The lowest BCUT2D eigenvalue weighted by molar-refractivity contribution is -0.121. The third-order valence-electron chi connectivity index (χ3n) is 5.45. The molecule has 0 aliphatic carbocycles. The van der Waals surface area contributed by atoms with Crippen LogP contribution in [0.5, 0.6) is 0 Å². The van der Waals surface area contributed by atoms with E-state index in [1.807, 2.05) is 9.80 Å². The van der Waals surface area contributed by atoms with Gasteiger partial charge in [0.15, 0.2) is 5.13 Å².